The Bertz CT molecular complexity index is 963. The van der Waals surface area contributed by atoms with Gasteiger partial charge in [0.05, 0.1) is 12.7 Å². The van der Waals surface area contributed by atoms with Gasteiger partial charge < -0.3 is 10.6 Å². The van der Waals surface area contributed by atoms with Crippen LogP contribution in [0.4, 0.5) is 11.5 Å². The zero-order valence-corrected chi connectivity index (χ0v) is 17.2. The summed E-state index contributed by atoms with van der Waals surface area (Å²) in [6.07, 6.45) is 1.65. The highest BCUT2D eigenvalue weighted by Gasteiger charge is 2.11. The largest absolute Gasteiger partial charge is 0.326 e. The summed E-state index contributed by atoms with van der Waals surface area (Å²) in [5.74, 6) is 0.215. The molecule has 144 valence electrons. The Morgan fingerprint density at radius 1 is 1.00 bits per heavy atom. The molecule has 1 heterocycles. The van der Waals surface area contributed by atoms with Gasteiger partial charge in [-0.05, 0) is 42.0 Å². The molecule has 0 aliphatic heterocycles. The highest BCUT2D eigenvalue weighted by Crippen LogP contribution is 2.16. The Morgan fingerprint density at radius 2 is 1.68 bits per heavy atom. The second-order valence-electron chi connectivity index (χ2n) is 6.68. The highest BCUT2D eigenvalue weighted by atomic mass is 79.9. The van der Waals surface area contributed by atoms with Crippen LogP contribution >= 0.6 is 15.9 Å². The smallest absolute Gasteiger partial charge is 0.256 e. The molecule has 1 aromatic heterocycles. The standard InChI is InChI=1S/C21H21BrN4O2/c1-14(2)20(27)24-18-9-5-16(6-10-18)21(28)25-19-11-12-23-26(19)13-15-3-7-17(22)8-4-15/h3-12,14H,13H2,1-2H3,(H,24,27)(H,25,28). The lowest BCUT2D eigenvalue weighted by atomic mass is 10.1. The van der Waals surface area contributed by atoms with Gasteiger partial charge in [-0.2, -0.15) is 5.10 Å². The fourth-order valence-corrected chi connectivity index (χ4v) is 2.77. The quantitative estimate of drug-likeness (QED) is 0.590. The molecule has 2 N–H and O–H groups in total. The molecule has 0 atom stereocenters. The molecule has 2 aromatic carbocycles. The van der Waals surface area contributed by atoms with Crippen LogP contribution in [0.5, 0.6) is 0 Å². The topological polar surface area (TPSA) is 76.0 Å². The van der Waals surface area contributed by atoms with Gasteiger partial charge in [0.25, 0.3) is 5.91 Å². The average molecular weight is 441 g/mol. The van der Waals surface area contributed by atoms with Crippen molar-refractivity contribution < 1.29 is 9.59 Å². The minimum atomic E-state index is -0.237. The first kappa shape index (κ1) is 19.8. The van der Waals surface area contributed by atoms with Crippen LogP contribution in [0.2, 0.25) is 0 Å². The van der Waals surface area contributed by atoms with Crippen LogP contribution in [-0.2, 0) is 11.3 Å². The van der Waals surface area contributed by atoms with Crippen molar-refractivity contribution in [3.8, 4) is 0 Å². The Hall–Kier alpha value is -2.93. The highest BCUT2D eigenvalue weighted by molar-refractivity contribution is 9.10. The molecule has 6 nitrogen and oxygen atoms in total. The van der Waals surface area contributed by atoms with E-state index in [1.807, 2.05) is 38.1 Å². The second kappa shape index (κ2) is 8.84. The van der Waals surface area contributed by atoms with Gasteiger partial charge in [0, 0.05) is 27.7 Å². The van der Waals surface area contributed by atoms with E-state index < -0.39 is 0 Å². The predicted molar refractivity (Wildman–Crippen MR) is 113 cm³/mol. The molecule has 0 radical (unpaired) electrons. The molecular formula is C21H21BrN4O2. The Balaban J connectivity index is 1.66. The van der Waals surface area contributed by atoms with E-state index in [0.717, 1.165) is 10.0 Å². The third-order valence-corrected chi connectivity index (χ3v) is 4.67. The van der Waals surface area contributed by atoms with Gasteiger partial charge in [-0.15, -0.1) is 0 Å². The first-order valence-electron chi connectivity index (χ1n) is 8.91. The summed E-state index contributed by atoms with van der Waals surface area (Å²) in [5.41, 5.74) is 2.24. The minimum absolute atomic E-state index is 0.0611. The minimum Gasteiger partial charge on any atom is -0.326 e. The number of hydrogen-bond donors (Lipinski definition) is 2. The van der Waals surface area contributed by atoms with E-state index in [0.29, 0.717) is 23.6 Å². The maximum Gasteiger partial charge on any atom is 0.256 e. The number of nitrogens with one attached hydrogen (secondary N) is 2. The molecule has 0 bridgehead atoms. The predicted octanol–water partition coefficient (Wildman–Crippen LogP) is 4.54. The summed E-state index contributed by atoms with van der Waals surface area (Å²) in [4.78, 5) is 24.3. The molecule has 0 saturated heterocycles. The first-order chi connectivity index (χ1) is 13.4. The lowest BCUT2D eigenvalue weighted by Crippen LogP contribution is -2.18. The molecule has 7 heteroatoms. The van der Waals surface area contributed by atoms with Crippen LogP contribution in [-0.4, -0.2) is 21.6 Å². The monoisotopic (exact) mass is 440 g/mol. The van der Waals surface area contributed by atoms with Crippen LogP contribution in [0.3, 0.4) is 0 Å². The van der Waals surface area contributed by atoms with Crippen LogP contribution in [0.15, 0.2) is 65.3 Å². The third kappa shape index (κ3) is 5.07. The van der Waals surface area contributed by atoms with Crippen molar-refractivity contribution in [3.05, 3.63) is 76.4 Å². The summed E-state index contributed by atoms with van der Waals surface area (Å²) in [7, 11) is 0. The summed E-state index contributed by atoms with van der Waals surface area (Å²) in [5, 5.41) is 9.97. The molecule has 3 aromatic rings. The fourth-order valence-electron chi connectivity index (χ4n) is 2.51. The lowest BCUT2D eigenvalue weighted by molar-refractivity contribution is -0.118. The Labute approximate surface area is 172 Å². The van der Waals surface area contributed by atoms with Gasteiger partial charge in [0.1, 0.15) is 5.82 Å². The Morgan fingerprint density at radius 3 is 2.32 bits per heavy atom. The van der Waals surface area contributed by atoms with Gasteiger partial charge in [0.15, 0.2) is 0 Å². The number of carbonyl (C=O) groups is 2. The summed E-state index contributed by atoms with van der Waals surface area (Å²) >= 11 is 3.42. The van der Waals surface area contributed by atoms with Gasteiger partial charge in [-0.1, -0.05) is 41.9 Å². The van der Waals surface area contributed by atoms with Crippen molar-refractivity contribution in [1.82, 2.24) is 9.78 Å². The second-order valence-corrected chi connectivity index (χ2v) is 7.59. The SMILES string of the molecule is CC(C)C(=O)Nc1ccc(C(=O)Nc2ccnn2Cc2ccc(Br)cc2)cc1. The number of nitrogens with zero attached hydrogens (tertiary/aromatic N) is 2. The summed E-state index contributed by atoms with van der Waals surface area (Å²) < 4.78 is 2.75. The zero-order chi connectivity index (χ0) is 20.1. The summed E-state index contributed by atoms with van der Waals surface area (Å²) in [6.45, 7) is 4.21. The van der Waals surface area contributed by atoms with E-state index in [4.69, 9.17) is 0 Å². The van der Waals surface area contributed by atoms with Gasteiger partial charge >= 0.3 is 0 Å². The average Bonchev–Trinajstić information content (AvgIpc) is 3.10. The van der Waals surface area contributed by atoms with Crippen molar-refractivity contribution in [2.45, 2.75) is 20.4 Å². The number of hydrogen-bond acceptors (Lipinski definition) is 3. The maximum absolute atomic E-state index is 12.6. The lowest BCUT2D eigenvalue weighted by Gasteiger charge is -2.10. The van der Waals surface area contributed by atoms with Crippen LogP contribution in [0.25, 0.3) is 0 Å². The van der Waals surface area contributed by atoms with E-state index in [9.17, 15) is 9.59 Å². The molecule has 0 unspecified atom stereocenters. The van der Waals surface area contributed by atoms with Gasteiger partial charge in [-0.3, -0.25) is 9.59 Å². The van der Waals surface area contributed by atoms with Crippen molar-refractivity contribution in [1.29, 1.82) is 0 Å². The molecule has 28 heavy (non-hydrogen) atoms. The maximum atomic E-state index is 12.6. The molecule has 0 spiro atoms. The third-order valence-electron chi connectivity index (χ3n) is 4.14. The van der Waals surface area contributed by atoms with E-state index in [1.54, 1.807) is 41.2 Å². The van der Waals surface area contributed by atoms with E-state index in [1.165, 1.54) is 0 Å². The number of aromatic nitrogens is 2. The van der Waals surface area contributed by atoms with E-state index in [2.05, 4.69) is 31.7 Å². The van der Waals surface area contributed by atoms with Crippen LogP contribution in [0, 0.1) is 5.92 Å². The first-order valence-corrected chi connectivity index (χ1v) is 9.70. The van der Waals surface area contributed by atoms with Crippen LogP contribution < -0.4 is 10.6 Å². The molecule has 2 amide bonds. The number of carbonyl (C=O) groups excluding carboxylic acids is 2. The zero-order valence-electron chi connectivity index (χ0n) is 15.6. The number of benzene rings is 2. The number of amides is 2. The number of halogens is 1. The Kier molecular flexibility index (Phi) is 6.26. The molecule has 3 rings (SSSR count). The van der Waals surface area contributed by atoms with E-state index in [-0.39, 0.29) is 17.7 Å². The molecule has 0 saturated carbocycles. The summed E-state index contributed by atoms with van der Waals surface area (Å²) in [6, 6.07) is 16.5. The fraction of sp³-hybridized carbons (Fsp3) is 0.190. The molecule has 0 fully saturated rings. The van der Waals surface area contributed by atoms with Crippen LogP contribution in [0.1, 0.15) is 29.8 Å². The van der Waals surface area contributed by atoms with Crippen molar-refractivity contribution in [3.63, 3.8) is 0 Å². The van der Waals surface area contributed by atoms with E-state index >= 15 is 0 Å². The normalized spacial score (nSPS) is 10.7. The molecular weight excluding hydrogens is 420 g/mol. The number of anilines is 2. The van der Waals surface area contributed by atoms with Gasteiger partial charge in [-0.25, -0.2) is 4.68 Å². The molecule has 0 aliphatic carbocycles. The molecule has 0 aliphatic rings. The van der Waals surface area contributed by atoms with Crippen molar-refractivity contribution in [2.75, 3.05) is 10.6 Å². The van der Waals surface area contributed by atoms with Crippen molar-refractivity contribution in [2.24, 2.45) is 5.92 Å². The number of rotatable bonds is 6. The van der Waals surface area contributed by atoms with Crippen molar-refractivity contribution >= 4 is 39.2 Å². The van der Waals surface area contributed by atoms with Gasteiger partial charge in [0.2, 0.25) is 5.91 Å².